The summed E-state index contributed by atoms with van der Waals surface area (Å²) in [6.07, 6.45) is 1.80. The topological polar surface area (TPSA) is 68.6 Å². The molecule has 34 heavy (non-hydrogen) atoms. The lowest BCUT2D eigenvalue weighted by molar-refractivity contribution is 0.0322. The molecular formula is C27H28N4O3. The summed E-state index contributed by atoms with van der Waals surface area (Å²) < 4.78 is 13.3. The van der Waals surface area contributed by atoms with E-state index >= 15 is 0 Å². The lowest BCUT2D eigenvalue weighted by Gasteiger charge is -2.26. The minimum absolute atomic E-state index is 0.110. The standard InChI is InChI=1S/C27H28N4O3/c32-27(22-8-10-23(11-9-22)31-20-29-25-6-1-2-7-26(25)31)28-19-21-4-3-5-24(18-21)34-17-14-30-12-15-33-16-13-30/h1-11,18,20H,12-17,19H2,(H,28,32). The van der Waals surface area contributed by atoms with Crippen molar-refractivity contribution >= 4 is 16.9 Å². The van der Waals surface area contributed by atoms with Crippen LogP contribution < -0.4 is 10.1 Å². The minimum atomic E-state index is -0.110. The summed E-state index contributed by atoms with van der Waals surface area (Å²) in [6.45, 7) is 5.44. The zero-order chi connectivity index (χ0) is 23.2. The molecule has 1 aromatic heterocycles. The minimum Gasteiger partial charge on any atom is -0.492 e. The molecule has 0 atom stereocenters. The third-order valence-corrected chi connectivity index (χ3v) is 5.99. The highest BCUT2D eigenvalue weighted by atomic mass is 16.5. The molecule has 2 heterocycles. The van der Waals surface area contributed by atoms with Crippen molar-refractivity contribution in [3.63, 3.8) is 0 Å². The number of imidazole rings is 1. The molecule has 0 unspecified atom stereocenters. The summed E-state index contributed by atoms with van der Waals surface area (Å²) in [5.41, 5.74) is 4.56. The van der Waals surface area contributed by atoms with Crippen molar-refractivity contribution in [2.75, 3.05) is 39.5 Å². The van der Waals surface area contributed by atoms with E-state index in [0.717, 1.165) is 60.9 Å². The van der Waals surface area contributed by atoms with Crippen molar-refractivity contribution in [1.82, 2.24) is 19.8 Å². The Bertz CT molecular complexity index is 1250. The second kappa shape index (κ2) is 10.5. The molecule has 1 N–H and O–H groups in total. The van der Waals surface area contributed by atoms with E-state index in [4.69, 9.17) is 9.47 Å². The predicted molar refractivity (Wildman–Crippen MR) is 131 cm³/mol. The Balaban J connectivity index is 1.15. The number of benzene rings is 3. The van der Waals surface area contributed by atoms with E-state index in [9.17, 15) is 4.79 Å². The number of fused-ring (bicyclic) bond motifs is 1. The van der Waals surface area contributed by atoms with Crippen LogP contribution in [0.2, 0.25) is 0 Å². The highest BCUT2D eigenvalue weighted by Crippen LogP contribution is 2.18. The lowest BCUT2D eigenvalue weighted by atomic mass is 10.1. The first-order valence-corrected chi connectivity index (χ1v) is 11.6. The van der Waals surface area contributed by atoms with Crippen molar-refractivity contribution in [3.8, 4) is 11.4 Å². The van der Waals surface area contributed by atoms with Crippen LogP contribution in [0.1, 0.15) is 15.9 Å². The average Bonchev–Trinajstić information content (AvgIpc) is 3.33. The Morgan fingerprint density at radius 2 is 1.82 bits per heavy atom. The number of para-hydroxylation sites is 2. The summed E-state index contributed by atoms with van der Waals surface area (Å²) in [6, 6.07) is 23.4. The summed E-state index contributed by atoms with van der Waals surface area (Å²) in [5, 5.41) is 3.00. The Morgan fingerprint density at radius 1 is 1.00 bits per heavy atom. The lowest BCUT2D eigenvalue weighted by Crippen LogP contribution is -2.38. The fourth-order valence-electron chi connectivity index (χ4n) is 4.09. The molecule has 1 amide bonds. The van der Waals surface area contributed by atoms with Crippen LogP contribution in [0.25, 0.3) is 16.7 Å². The molecule has 1 fully saturated rings. The number of aromatic nitrogens is 2. The van der Waals surface area contributed by atoms with Crippen LogP contribution >= 0.6 is 0 Å². The molecule has 3 aromatic carbocycles. The zero-order valence-corrected chi connectivity index (χ0v) is 19.0. The number of nitrogens with zero attached hydrogens (tertiary/aromatic N) is 3. The van der Waals surface area contributed by atoms with E-state index in [0.29, 0.717) is 18.7 Å². The molecule has 0 saturated carbocycles. The van der Waals surface area contributed by atoms with E-state index in [1.807, 2.05) is 77.4 Å². The van der Waals surface area contributed by atoms with Crippen molar-refractivity contribution in [1.29, 1.82) is 0 Å². The largest absolute Gasteiger partial charge is 0.492 e. The van der Waals surface area contributed by atoms with Gasteiger partial charge in [0, 0.05) is 37.4 Å². The molecule has 5 rings (SSSR count). The molecule has 0 radical (unpaired) electrons. The van der Waals surface area contributed by atoms with Crippen LogP contribution in [0, 0.1) is 0 Å². The van der Waals surface area contributed by atoms with E-state index < -0.39 is 0 Å². The first-order chi connectivity index (χ1) is 16.8. The number of rotatable bonds is 8. The van der Waals surface area contributed by atoms with E-state index in [1.54, 1.807) is 6.33 Å². The molecule has 1 saturated heterocycles. The van der Waals surface area contributed by atoms with E-state index in [-0.39, 0.29) is 5.91 Å². The van der Waals surface area contributed by atoms with Gasteiger partial charge >= 0.3 is 0 Å². The van der Waals surface area contributed by atoms with Crippen molar-refractivity contribution < 1.29 is 14.3 Å². The van der Waals surface area contributed by atoms with Crippen molar-refractivity contribution in [3.05, 3.63) is 90.3 Å². The molecular weight excluding hydrogens is 428 g/mol. The third kappa shape index (κ3) is 5.27. The second-order valence-electron chi connectivity index (χ2n) is 8.28. The van der Waals surface area contributed by atoms with Gasteiger partial charge in [0.05, 0.1) is 24.2 Å². The van der Waals surface area contributed by atoms with Gasteiger partial charge < -0.3 is 14.8 Å². The van der Waals surface area contributed by atoms with Crippen LogP contribution in [-0.2, 0) is 11.3 Å². The highest BCUT2D eigenvalue weighted by Gasteiger charge is 2.11. The van der Waals surface area contributed by atoms with Gasteiger partial charge in [-0.1, -0.05) is 24.3 Å². The molecule has 0 spiro atoms. The maximum Gasteiger partial charge on any atom is 0.251 e. The summed E-state index contributed by atoms with van der Waals surface area (Å²) >= 11 is 0. The van der Waals surface area contributed by atoms with Crippen LogP contribution in [0.5, 0.6) is 5.75 Å². The summed E-state index contributed by atoms with van der Waals surface area (Å²) in [4.78, 5) is 19.5. The van der Waals surface area contributed by atoms with E-state index in [1.165, 1.54) is 0 Å². The average molecular weight is 457 g/mol. The van der Waals surface area contributed by atoms with Gasteiger partial charge in [-0.25, -0.2) is 4.98 Å². The molecule has 7 heteroatoms. The number of carbonyl (C=O) groups is 1. The van der Waals surface area contributed by atoms with Gasteiger partial charge in [-0.15, -0.1) is 0 Å². The number of hydrogen-bond donors (Lipinski definition) is 1. The summed E-state index contributed by atoms with van der Waals surface area (Å²) in [7, 11) is 0. The van der Waals surface area contributed by atoms with Crippen LogP contribution in [0.3, 0.4) is 0 Å². The van der Waals surface area contributed by atoms with Gasteiger partial charge in [-0.2, -0.15) is 0 Å². The Hall–Kier alpha value is -3.68. The van der Waals surface area contributed by atoms with Gasteiger partial charge in [-0.3, -0.25) is 14.3 Å². The second-order valence-corrected chi connectivity index (χ2v) is 8.28. The smallest absolute Gasteiger partial charge is 0.251 e. The fraction of sp³-hybridized carbons (Fsp3) is 0.259. The van der Waals surface area contributed by atoms with Gasteiger partial charge in [0.2, 0.25) is 0 Å². The summed E-state index contributed by atoms with van der Waals surface area (Å²) in [5.74, 6) is 0.706. The number of nitrogens with one attached hydrogen (secondary N) is 1. The van der Waals surface area contributed by atoms with Gasteiger partial charge in [0.1, 0.15) is 18.7 Å². The van der Waals surface area contributed by atoms with Crippen molar-refractivity contribution in [2.24, 2.45) is 0 Å². The van der Waals surface area contributed by atoms with Crippen LogP contribution in [0.15, 0.2) is 79.1 Å². The maximum absolute atomic E-state index is 12.7. The molecule has 1 aliphatic heterocycles. The number of carbonyl (C=O) groups excluding carboxylic acids is 1. The molecule has 4 aromatic rings. The van der Waals surface area contributed by atoms with Gasteiger partial charge in [0.15, 0.2) is 0 Å². The fourth-order valence-corrected chi connectivity index (χ4v) is 4.09. The van der Waals surface area contributed by atoms with Crippen molar-refractivity contribution in [2.45, 2.75) is 6.54 Å². The normalized spacial score (nSPS) is 14.2. The quantitative estimate of drug-likeness (QED) is 0.438. The number of morpholine rings is 1. The molecule has 0 bridgehead atoms. The van der Waals surface area contributed by atoms with Crippen LogP contribution in [-0.4, -0.2) is 59.8 Å². The highest BCUT2D eigenvalue weighted by molar-refractivity contribution is 5.94. The van der Waals surface area contributed by atoms with Gasteiger partial charge in [0.25, 0.3) is 5.91 Å². The molecule has 174 valence electrons. The van der Waals surface area contributed by atoms with E-state index in [2.05, 4.69) is 15.2 Å². The number of hydrogen-bond acceptors (Lipinski definition) is 5. The van der Waals surface area contributed by atoms with Crippen LogP contribution in [0.4, 0.5) is 0 Å². The first kappa shape index (κ1) is 22.1. The third-order valence-electron chi connectivity index (χ3n) is 5.99. The Labute approximate surface area is 198 Å². The first-order valence-electron chi connectivity index (χ1n) is 11.6. The molecule has 0 aliphatic carbocycles. The Kier molecular flexibility index (Phi) is 6.84. The Morgan fingerprint density at radius 3 is 2.68 bits per heavy atom. The number of amides is 1. The van der Waals surface area contributed by atoms with Gasteiger partial charge in [-0.05, 0) is 54.1 Å². The predicted octanol–water partition coefficient (Wildman–Crippen LogP) is 3.67. The maximum atomic E-state index is 12.7. The monoisotopic (exact) mass is 456 g/mol. The number of ether oxygens (including phenoxy) is 2. The molecule has 7 nitrogen and oxygen atoms in total. The zero-order valence-electron chi connectivity index (χ0n) is 19.0. The SMILES string of the molecule is O=C(NCc1cccc(OCCN2CCOCC2)c1)c1ccc(-n2cnc3ccccc32)cc1. The molecule has 1 aliphatic rings.